The molecule has 22 heavy (non-hydrogen) atoms. The predicted octanol–water partition coefficient (Wildman–Crippen LogP) is 1.38. The van der Waals surface area contributed by atoms with Gasteiger partial charge in [0.25, 0.3) is 5.91 Å². The van der Waals surface area contributed by atoms with E-state index in [9.17, 15) is 4.79 Å². The lowest BCUT2D eigenvalue weighted by Gasteiger charge is -2.19. The maximum atomic E-state index is 12.2. The zero-order valence-electron chi connectivity index (χ0n) is 12.5. The predicted molar refractivity (Wildman–Crippen MR) is 78.7 cm³/mol. The Labute approximate surface area is 128 Å². The van der Waals surface area contributed by atoms with Crippen LogP contribution in [-0.2, 0) is 4.74 Å². The van der Waals surface area contributed by atoms with Gasteiger partial charge in [-0.05, 0) is 19.4 Å². The summed E-state index contributed by atoms with van der Waals surface area (Å²) in [7, 11) is 1.57. The maximum absolute atomic E-state index is 12.2. The molecule has 7 nitrogen and oxygen atoms in total. The van der Waals surface area contributed by atoms with E-state index in [1.54, 1.807) is 26.3 Å². The van der Waals surface area contributed by atoms with Gasteiger partial charge in [0, 0.05) is 24.4 Å². The minimum atomic E-state index is -0.202. The molecule has 3 rings (SSSR count). The number of carbonyl (C=O) groups excluding carboxylic acids is 1. The van der Waals surface area contributed by atoms with Crippen LogP contribution in [0.2, 0.25) is 0 Å². The highest BCUT2D eigenvalue weighted by Gasteiger charge is 2.31. The van der Waals surface area contributed by atoms with Crippen molar-refractivity contribution >= 4 is 5.91 Å². The number of pyridine rings is 1. The average molecular weight is 302 g/mol. The van der Waals surface area contributed by atoms with Gasteiger partial charge in [-0.15, -0.1) is 0 Å². The van der Waals surface area contributed by atoms with Crippen molar-refractivity contribution in [3.63, 3.8) is 0 Å². The van der Waals surface area contributed by atoms with E-state index in [0.29, 0.717) is 24.0 Å². The van der Waals surface area contributed by atoms with Crippen LogP contribution >= 0.6 is 0 Å². The van der Waals surface area contributed by atoms with Crippen molar-refractivity contribution in [1.82, 2.24) is 20.3 Å². The molecular weight excluding hydrogens is 284 g/mol. The Morgan fingerprint density at radius 3 is 2.91 bits per heavy atom. The fraction of sp³-hybridized carbons (Fsp3) is 0.400. The number of aromatic nitrogens is 3. The third-order valence-corrected chi connectivity index (χ3v) is 3.65. The minimum Gasteiger partial charge on any atom is -0.481 e. The number of hydrogen-bond donors (Lipinski definition) is 2. The highest BCUT2D eigenvalue weighted by Crippen LogP contribution is 2.29. The Balaban J connectivity index is 1.71. The Hall–Kier alpha value is -2.41. The second-order valence-corrected chi connectivity index (χ2v) is 5.18. The van der Waals surface area contributed by atoms with Gasteiger partial charge in [0.05, 0.1) is 19.3 Å². The zero-order valence-corrected chi connectivity index (χ0v) is 12.5. The lowest BCUT2D eigenvalue weighted by atomic mass is 10.0. The number of amides is 1. The maximum Gasteiger partial charge on any atom is 0.269 e. The van der Waals surface area contributed by atoms with Gasteiger partial charge in [-0.1, -0.05) is 0 Å². The lowest BCUT2D eigenvalue weighted by Crippen LogP contribution is -2.37. The summed E-state index contributed by atoms with van der Waals surface area (Å²) in [5.41, 5.74) is 1.38. The smallest absolute Gasteiger partial charge is 0.269 e. The van der Waals surface area contributed by atoms with Crippen LogP contribution < -0.4 is 10.1 Å². The Morgan fingerprint density at radius 1 is 1.41 bits per heavy atom. The second kappa shape index (κ2) is 6.15. The number of H-pyrrole nitrogens is 1. The number of aryl methyl sites for hydroxylation is 1. The van der Waals surface area contributed by atoms with Crippen LogP contribution in [-0.4, -0.2) is 40.6 Å². The van der Waals surface area contributed by atoms with Crippen LogP contribution in [0, 0.1) is 6.92 Å². The molecule has 1 aliphatic rings. The summed E-state index contributed by atoms with van der Waals surface area (Å²) in [6, 6.07) is 3.60. The first-order valence-electron chi connectivity index (χ1n) is 7.11. The molecule has 0 unspecified atom stereocenters. The molecule has 2 aromatic rings. The second-order valence-electron chi connectivity index (χ2n) is 5.18. The molecular formula is C15H18N4O3. The van der Waals surface area contributed by atoms with Crippen LogP contribution in [0.5, 0.6) is 5.88 Å². The molecule has 0 saturated carbocycles. The van der Waals surface area contributed by atoms with Gasteiger partial charge in [-0.3, -0.25) is 4.79 Å². The van der Waals surface area contributed by atoms with Crippen molar-refractivity contribution in [2.45, 2.75) is 25.5 Å². The summed E-state index contributed by atoms with van der Waals surface area (Å²) >= 11 is 0. The summed E-state index contributed by atoms with van der Waals surface area (Å²) in [5, 5.41) is 2.99. The topological polar surface area (TPSA) is 89.1 Å². The van der Waals surface area contributed by atoms with E-state index >= 15 is 0 Å². The molecule has 116 valence electrons. The SMILES string of the molecule is COc1ccc([C@H]2OCC[C@@H]2NC(=O)c2cnc(C)[nH]2)cn1. The van der Waals surface area contributed by atoms with Crippen LogP contribution in [0.15, 0.2) is 24.5 Å². The number of aromatic amines is 1. The van der Waals surface area contributed by atoms with Crippen molar-refractivity contribution in [3.8, 4) is 5.88 Å². The van der Waals surface area contributed by atoms with E-state index in [4.69, 9.17) is 9.47 Å². The largest absolute Gasteiger partial charge is 0.481 e. The minimum absolute atomic E-state index is 0.0914. The summed E-state index contributed by atoms with van der Waals surface area (Å²) in [4.78, 5) is 23.4. The van der Waals surface area contributed by atoms with E-state index in [2.05, 4.69) is 20.3 Å². The van der Waals surface area contributed by atoms with Crippen molar-refractivity contribution in [2.24, 2.45) is 0 Å². The summed E-state index contributed by atoms with van der Waals surface area (Å²) < 4.78 is 10.8. The number of rotatable bonds is 4. The lowest BCUT2D eigenvalue weighted by molar-refractivity contribution is 0.0817. The number of ether oxygens (including phenoxy) is 2. The number of carbonyl (C=O) groups is 1. The van der Waals surface area contributed by atoms with E-state index < -0.39 is 0 Å². The Bertz CT molecular complexity index is 653. The van der Waals surface area contributed by atoms with Crippen LogP contribution in [0.1, 0.15) is 34.4 Å². The third-order valence-electron chi connectivity index (χ3n) is 3.65. The first-order chi connectivity index (χ1) is 10.7. The average Bonchev–Trinajstić information content (AvgIpc) is 3.16. The number of hydrogen-bond acceptors (Lipinski definition) is 5. The summed E-state index contributed by atoms with van der Waals surface area (Å²) in [5.74, 6) is 1.08. The molecule has 2 aromatic heterocycles. The van der Waals surface area contributed by atoms with E-state index in [1.165, 1.54) is 6.20 Å². The molecule has 0 bridgehead atoms. The molecule has 1 aliphatic heterocycles. The third kappa shape index (κ3) is 2.94. The first kappa shape index (κ1) is 14.5. The number of imidazole rings is 1. The molecule has 0 spiro atoms. The van der Waals surface area contributed by atoms with Crippen LogP contribution in [0.25, 0.3) is 0 Å². The first-order valence-corrected chi connectivity index (χ1v) is 7.11. The van der Waals surface area contributed by atoms with Crippen LogP contribution in [0.4, 0.5) is 0 Å². The molecule has 2 N–H and O–H groups in total. The molecule has 0 aromatic carbocycles. The number of nitrogens with one attached hydrogen (secondary N) is 2. The fourth-order valence-corrected chi connectivity index (χ4v) is 2.53. The van der Waals surface area contributed by atoms with Gasteiger partial charge < -0.3 is 19.8 Å². The van der Waals surface area contributed by atoms with Crippen molar-refractivity contribution < 1.29 is 14.3 Å². The van der Waals surface area contributed by atoms with Crippen molar-refractivity contribution in [1.29, 1.82) is 0 Å². The number of methoxy groups -OCH3 is 1. The van der Waals surface area contributed by atoms with E-state index in [-0.39, 0.29) is 18.1 Å². The van der Waals surface area contributed by atoms with Gasteiger partial charge in [-0.2, -0.15) is 0 Å². The van der Waals surface area contributed by atoms with Gasteiger partial charge in [0.15, 0.2) is 0 Å². The molecule has 3 heterocycles. The highest BCUT2D eigenvalue weighted by molar-refractivity contribution is 5.92. The Kier molecular flexibility index (Phi) is 4.06. The van der Waals surface area contributed by atoms with Gasteiger partial charge >= 0.3 is 0 Å². The van der Waals surface area contributed by atoms with E-state index in [0.717, 1.165) is 12.0 Å². The monoisotopic (exact) mass is 302 g/mol. The zero-order chi connectivity index (χ0) is 15.5. The molecule has 0 aliphatic carbocycles. The fourth-order valence-electron chi connectivity index (χ4n) is 2.53. The normalized spacial score (nSPS) is 20.8. The number of nitrogens with zero attached hydrogens (tertiary/aromatic N) is 2. The summed E-state index contributed by atoms with van der Waals surface area (Å²) in [6.07, 6.45) is 3.81. The molecule has 1 amide bonds. The van der Waals surface area contributed by atoms with E-state index in [1.807, 2.05) is 6.07 Å². The highest BCUT2D eigenvalue weighted by atomic mass is 16.5. The van der Waals surface area contributed by atoms with Gasteiger partial charge in [0.2, 0.25) is 5.88 Å². The van der Waals surface area contributed by atoms with Gasteiger partial charge in [-0.25, -0.2) is 9.97 Å². The molecule has 0 radical (unpaired) electrons. The van der Waals surface area contributed by atoms with Crippen LogP contribution in [0.3, 0.4) is 0 Å². The molecule has 7 heteroatoms. The Morgan fingerprint density at radius 2 is 2.27 bits per heavy atom. The molecule has 1 fully saturated rings. The molecule has 2 atom stereocenters. The standard InChI is InChI=1S/C15H18N4O3/c1-9-16-8-12(18-9)15(20)19-11-5-6-22-14(11)10-3-4-13(21-2)17-7-10/h3-4,7-8,11,14H,5-6H2,1-2H3,(H,16,18)(H,19,20)/t11-,14+/m0/s1. The summed E-state index contributed by atoms with van der Waals surface area (Å²) in [6.45, 7) is 2.41. The van der Waals surface area contributed by atoms with Gasteiger partial charge in [0.1, 0.15) is 17.6 Å². The quantitative estimate of drug-likeness (QED) is 0.890. The van der Waals surface area contributed by atoms with Crippen molar-refractivity contribution in [3.05, 3.63) is 41.6 Å². The van der Waals surface area contributed by atoms with Crippen molar-refractivity contribution in [2.75, 3.05) is 13.7 Å². The molecule has 1 saturated heterocycles.